The number of rotatable bonds is 2. The molecule has 0 aliphatic heterocycles. The largest absolute Gasteiger partial charge is 0.412 e. The van der Waals surface area contributed by atoms with E-state index in [1.54, 1.807) is 9.76 Å². The van der Waals surface area contributed by atoms with Gasteiger partial charge in [-0.15, -0.1) is 0 Å². The van der Waals surface area contributed by atoms with Crippen molar-refractivity contribution in [3.8, 4) is 0 Å². The fourth-order valence-electron chi connectivity index (χ4n) is 0.354. The lowest BCUT2D eigenvalue weighted by Crippen LogP contribution is -2.08. The van der Waals surface area contributed by atoms with Gasteiger partial charge in [-0.2, -0.15) is 0 Å². The summed E-state index contributed by atoms with van der Waals surface area (Å²) in [5, 5.41) is 0. The third-order valence-electron chi connectivity index (χ3n) is 0.707. The van der Waals surface area contributed by atoms with E-state index in [9.17, 15) is 0 Å². The molecule has 1 nitrogen and oxygen atoms in total. The van der Waals surface area contributed by atoms with Crippen molar-refractivity contribution < 1.29 is 5.48 Å². The highest BCUT2D eigenvalue weighted by molar-refractivity contribution is 7.41. The predicted molar refractivity (Wildman–Crippen MR) is 45.0 cm³/mol. The second kappa shape index (κ2) is 9.27. The van der Waals surface area contributed by atoms with E-state index in [2.05, 4.69) is 6.55 Å². The molecule has 0 aliphatic rings. The van der Waals surface area contributed by atoms with E-state index in [1.165, 1.54) is 0 Å². The first-order valence-corrected chi connectivity index (χ1v) is 17.5. The molecule has 0 atom stereocenters. The summed E-state index contributed by atoms with van der Waals surface area (Å²) in [6, 6.07) is 0. The van der Waals surface area contributed by atoms with Crippen LogP contribution in [0, 0.1) is 0 Å². The van der Waals surface area contributed by atoms with Crippen LogP contribution in [0.1, 0.15) is 0 Å². The van der Waals surface area contributed by atoms with Gasteiger partial charge in [0.15, 0.2) is 0 Å². The maximum absolute atomic E-state index is 2.47. The van der Waals surface area contributed by atoms with E-state index < -0.39 is 0 Å². The van der Waals surface area contributed by atoms with Crippen LogP contribution in [-0.2, 0) is 0 Å². The average molecular weight is 154 g/mol. The van der Waals surface area contributed by atoms with Crippen molar-refractivity contribution in [3.63, 3.8) is 0 Å². The third kappa shape index (κ3) is 8.85. The highest BCUT2D eigenvalue weighted by Gasteiger charge is 1.72. The van der Waals surface area contributed by atoms with Gasteiger partial charge in [-0.1, -0.05) is 6.55 Å². The summed E-state index contributed by atoms with van der Waals surface area (Å²) >= 11 is 0. The highest BCUT2D eigenvalue weighted by atomic mass is 29.7. The normalized spacial score (nSPS) is 13.5. The number of hydrogen-bond acceptors (Lipinski definition) is 0. The summed E-state index contributed by atoms with van der Waals surface area (Å²) in [5.41, 5.74) is 0. The molecule has 0 radical (unpaired) electrons. The van der Waals surface area contributed by atoms with Crippen molar-refractivity contribution in [2.45, 2.75) is 6.55 Å². The van der Waals surface area contributed by atoms with Gasteiger partial charge >= 0.3 is 0 Å². The molecule has 0 amide bonds. The van der Waals surface area contributed by atoms with Gasteiger partial charge in [0, 0.05) is 9.04 Å². The standard InChI is InChI=1S/CH12Si4.H2O/c1-3-5-4-2;/h3-5H2,1-2H3;1H2. The van der Waals surface area contributed by atoms with Crippen molar-refractivity contribution in [1.82, 2.24) is 0 Å². The summed E-state index contributed by atoms with van der Waals surface area (Å²) in [6.07, 6.45) is 0. The fraction of sp³-hybridized carbons (Fsp3) is 1.00. The fourth-order valence-corrected chi connectivity index (χ4v) is 28.6. The molecule has 0 aliphatic carbocycles. The number of hydrogen-bond donors (Lipinski definition) is 0. The van der Waals surface area contributed by atoms with Crippen molar-refractivity contribution in [2.24, 2.45) is 0 Å². The first-order valence-electron chi connectivity index (χ1n) is 2.41. The minimum absolute atomic E-state index is 0. The Balaban J connectivity index is 0. The predicted octanol–water partition coefficient (Wildman–Crippen LogP) is -4.17. The molecule has 0 heterocycles. The molecular formula is CH14OSi4. The highest BCUT2D eigenvalue weighted by Crippen LogP contribution is 1.43. The molecule has 0 bridgehead atoms. The minimum atomic E-state index is 0. The van der Waals surface area contributed by atoms with Crippen LogP contribution in [0.5, 0.6) is 0 Å². The molecule has 2 N–H and O–H groups in total. The molecule has 6 heavy (non-hydrogen) atoms. The van der Waals surface area contributed by atoms with Gasteiger partial charge in [0.25, 0.3) is 0 Å². The zero-order chi connectivity index (χ0) is 4.12. The van der Waals surface area contributed by atoms with Crippen molar-refractivity contribution in [2.75, 3.05) is 0 Å². The van der Waals surface area contributed by atoms with Crippen molar-refractivity contribution in [1.29, 1.82) is 0 Å². The van der Waals surface area contributed by atoms with Crippen molar-refractivity contribution >= 4 is 35.9 Å². The summed E-state index contributed by atoms with van der Waals surface area (Å²) in [7, 11) is 3.81. The van der Waals surface area contributed by atoms with E-state index in [4.69, 9.17) is 0 Å². The lowest BCUT2D eigenvalue weighted by molar-refractivity contribution is 0.824. The maximum atomic E-state index is 2.47. The molecule has 0 rings (SSSR count). The summed E-state index contributed by atoms with van der Waals surface area (Å²) < 4.78 is 0. The maximum Gasteiger partial charge on any atom is 0.00140 e. The van der Waals surface area contributed by atoms with Gasteiger partial charge < -0.3 is 5.48 Å². The van der Waals surface area contributed by atoms with Crippen LogP contribution in [0.15, 0.2) is 0 Å². The Hall–Kier alpha value is 0.828. The SMILES string of the molecule is C[SiH2][SiH2][SiH2][SiH3].O. The first-order chi connectivity index (χ1) is 2.41. The van der Waals surface area contributed by atoms with Gasteiger partial charge in [0.05, 0.1) is 0 Å². The zero-order valence-electron chi connectivity index (χ0n) is 4.62. The third-order valence-corrected chi connectivity index (χ3v) is 38.2. The molecule has 0 spiro atoms. The Kier molecular flexibility index (Phi) is 15.4. The van der Waals surface area contributed by atoms with E-state index in [-0.39, 0.29) is 5.48 Å². The Bertz CT molecular complexity index is 15.0. The van der Waals surface area contributed by atoms with Crippen LogP contribution in [0.2, 0.25) is 6.55 Å². The zero-order valence-corrected chi connectivity index (χ0v) is 10.9. The lowest BCUT2D eigenvalue weighted by atomic mass is 11.9. The first kappa shape index (κ1) is 9.95. The topological polar surface area (TPSA) is 31.5 Å². The minimum Gasteiger partial charge on any atom is -0.412 e. The summed E-state index contributed by atoms with van der Waals surface area (Å²) in [4.78, 5) is 0. The van der Waals surface area contributed by atoms with Crippen LogP contribution < -0.4 is 0 Å². The Morgan fingerprint density at radius 3 is 2.00 bits per heavy atom. The van der Waals surface area contributed by atoms with Crippen LogP contribution in [0.3, 0.4) is 0 Å². The molecule has 0 aromatic heterocycles. The average Bonchev–Trinajstić information content (AvgIpc) is 1.41. The Labute approximate surface area is 48.5 Å². The van der Waals surface area contributed by atoms with Gasteiger partial charge in [-0.25, -0.2) is 0 Å². The Morgan fingerprint density at radius 2 is 2.00 bits per heavy atom. The molecule has 0 unspecified atom stereocenters. The van der Waals surface area contributed by atoms with Gasteiger partial charge in [0.1, 0.15) is 0 Å². The van der Waals surface area contributed by atoms with Gasteiger partial charge in [0.2, 0.25) is 0 Å². The molecular weight excluding hydrogens is 140 g/mol. The second-order valence-corrected chi connectivity index (χ2v) is 27.5. The van der Waals surface area contributed by atoms with Crippen LogP contribution in [-0.4, -0.2) is 41.4 Å². The molecule has 0 aromatic rings. The summed E-state index contributed by atoms with van der Waals surface area (Å²) in [6.45, 7) is 2.47. The van der Waals surface area contributed by atoms with Crippen LogP contribution in [0.25, 0.3) is 0 Å². The quantitative estimate of drug-likeness (QED) is 0.362. The monoisotopic (exact) mass is 154 g/mol. The van der Waals surface area contributed by atoms with Gasteiger partial charge in [-0.3, -0.25) is 0 Å². The van der Waals surface area contributed by atoms with E-state index in [0.717, 1.165) is 17.1 Å². The molecule has 40 valence electrons. The lowest BCUT2D eigenvalue weighted by Gasteiger charge is -1.74. The van der Waals surface area contributed by atoms with Gasteiger partial charge in [-0.05, 0) is 26.9 Å². The van der Waals surface area contributed by atoms with E-state index in [1.807, 2.05) is 0 Å². The van der Waals surface area contributed by atoms with E-state index >= 15 is 0 Å². The molecule has 0 aromatic carbocycles. The van der Waals surface area contributed by atoms with Crippen molar-refractivity contribution in [3.05, 3.63) is 0 Å². The van der Waals surface area contributed by atoms with E-state index in [0.29, 0.717) is 9.04 Å². The molecule has 0 fully saturated rings. The Morgan fingerprint density at radius 1 is 1.50 bits per heavy atom. The molecule has 0 saturated heterocycles. The molecule has 0 saturated carbocycles. The van der Waals surface area contributed by atoms with Crippen LogP contribution in [0.4, 0.5) is 0 Å². The molecule has 5 heteroatoms. The van der Waals surface area contributed by atoms with Crippen LogP contribution >= 0.6 is 0 Å². The second-order valence-electron chi connectivity index (χ2n) is 1.35. The smallest absolute Gasteiger partial charge is 0.00140 e. The summed E-state index contributed by atoms with van der Waals surface area (Å²) in [5.74, 6) is 0.